The van der Waals surface area contributed by atoms with E-state index in [0.29, 0.717) is 0 Å². The normalized spacial score (nSPS) is 12.6. The Labute approximate surface area is 196 Å². The molecule has 3 rings (SSSR count). The molecule has 0 saturated carbocycles. The molecule has 0 spiro atoms. The summed E-state index contributed by atoms with van der Waals surface area (Å²) in [6.07, 6.45) is -0.275. The molecule has 180 valence electrons. The Morgan fingerprint density at radius 2 is 1.82 bits per heavy atom. The average molecular weight is 471 g/mol. The fourth-order valence-corrected chi connectivity index (χ4v) is 3.26. The van der Waals surface area contributed by atoms with Crippen molar-refractivity contribution in [3.8, 4) is 17.2 Å². The predicted molar refractivity (Wildman–Crippen MR) is 120 cm³/mol. The number of carboxylic acid groups (broad SMARTS) is 1. The van der Waals surface area contributed by atoms with Crippen LogP contribution in [0.1, 0.15) is 47.9 Å². The van der Waals surface area contributed by atoms with E-state index in [4.69, 9.17) is 24.1 Å². The molecule has 0 bridgehead atoms. The number of benzene rings is 2. The van der Waals surface area contributed by atoms with Crippen LogP contribution in [0.15, 0.2) is 36.4 Å². The maximum atomic E-state index is 13.7. The number of ether oxygens (including phenoxy) is 4. The van der Waals surface area contributed by atoms with E-state index in [1.54, 1.807) is 32.9 Å². The summed E-state index contributed by atoms with van der Waals surface area (Å²) in [4.78, 5) is 50.5. The van der Waals surface area contributed by atoms with E-state index < -0.39 is 36.0 Å². The Balaban J connectivity index is 2.09. The molecule has 1 aliphatic rings. The first-order valence-electron chi connectivity index (χ1n) is 10.4. The number of methoxy groups -OCH3 is 1. The maximum Gasteiger partial charge on any atom is 0.337 e. The first-order valence-corrected chi connectivity index (χ1v) is 10.4. The third-order valence-corrected chi connectivity index (χ3v) is 4.62. The number of hydrogen-bond acceptors (Lipinski definition) is 8. The monoisotopic (exact) mass is 471 g/mol. The maximum absolute atomic E-state index is 13.7. The van der Waals surface area contributed by atoms with Gasteiger partial charge in [-0.1, -0.05) is 6.07 Å². The lowest BCUT2D eigenvalue weighted by molar-refractivity contribution is -0.153. The van der Waals surface area contributed by atoms with E-state index in [1.807, 2.05) is 0 Å². The van der Waals surface area contributed by atoms with Gasteiger partial charge >= 0.3 is 17.9 Å². The largest absolute Gasteiger partial charge is 0.492 e. The van der Waals surface area contributed by atoms with Gasteiger partial charge in [0.05, 0.1) is 31.4 Å². The molecule has 1 amide bonds. The lowest BCUT2D eigenvalue weighted by Gasteiger charge is -2.25. The van der Waals surface area contributed by atoms with Crippen molar-refractivity contribution < 1.29 is 43.2 Å². The van der Waals surface area contributed by atoms with Gasteiger partial charge in [-0.05, 0) is 51.1 Å². The summed E-state index contributed by atoms with van der Waals surface area (Å²) >= 11 is 0. The molecule has 1 N–H and O–H groups in total. The van der Waals surface area contributed by atoms with Gasteiger partial charge in [0.1, 0.15) is 29.2 Å². The molecule has 2 aromatic carbocycles. The van der Waals surface area contributed by atoms with Crippen molar-refractivity contribution in [2.75, 3.05) is 25.2 Å². The SMILES string of the molecule is COC(=O)c1ccc2c(c1)N(CC(=O)OC(C)(C)C)C(=O)c1c(OCCC(=O)O)cccc1O2. The van der Waals surface area contributed by atoms with Crippen molar-refractivity contribution in [3.05, 3.63) is 47.5 Å². The van der Waals surface area contributed by atoms with E-state index in [9.17, 15) is 19.2 Å². The standard InChI is InChI=1S/C24H25NO9/c1-24(2,3)34-20(28)13-25-15-12-14(23(30)31-4)8-9-16(15)33-18-7-5-6-17(21(18)22(25)29)32-11-10-19(26)27/h5-9,12H,10-11,13H2,1-4H3,(H,26,27). The van der Waals surface area contributed by atoms with E-state index >= 15 is 0 Å². The molecule has 1 aliphatic heterocycles. The molecule has 1 heterocycles. The van der Waals surface area contributed by atoms with Crippen LogP contribution in [-0.2, 0) is 19.1 Å². The molecular formula is C24H25NO9. The molecule has 10 nitrogen and oxygen atoms in total. The quantitative estimate of drug-likeness (QED) is 0.604. The summed E-state index contributed by atoms with van der Waals surface area (Å²) in [5.41, 5.74) is -0.475. The lowest BCUT2D eigenvalue weighted by atomic mass is 10.1. The lowest BCUT2D eigenvalue weighted by Crippen LogP contribution is -2.38. The Hall–Kier alpha value is -4.08. The van der Waals surface area contributed by atoms with Crippen LogP contribution in [0, 0.1) is 0 Å². The van der Waals surface area contributed by atoms with Gasteiger partial charge in [-0.2, -0.15) is 0 Å². The van der Waals surface area contributed by atoms with Crippen molar-refractivity contribution in [2.45, 2.75) is 32.8 Å². The first kappa shape index (κ1) is 24.6. The highest BCUT2D eigenvalue weighted by Gasteiger charge is 2.34. The second-order valence-corrected chi connectivity index (χ2v) is 8.38. The van der Waals surface area contributed by atoms with Gasteiger partial charge < -0.3 is 24.1 Å². The highest BCUT2D eigenvalue weighted by molar-refractivity contribution is 6.13. The number of rotatable bonds is 7. The third kappa shape index (κ3) is 5.64. The summed E-state index contributed by atoms with van der Waals surface area (Å²) in [6.45, 7) is 4.45. The van der Waals surface area contributed by atoms with Crippen LogP contribution in [0.5, 0.6) is 17.2 Å². The highest BCUT2D eigenvalue weighted by Crippen LogP contribution is 2.42. The molecule has 0 atom stereocenters. The molecule has 0 unspecified atom stereocenters. The fourth-order valence-electron chi connectivity index (χ4n) is 3.26. The summed E-state index contributed by atoms with van der Waals surface area (Å²) in [5.74, 6) is -2.55. The van der Waals surface area contributed by atoms with E-state index in [2.05, 4.69) is 0 Å². The molecular weight excluding hydrogens is 446 g/mol. The van der Waals surface area contributed by atoms with Gasteiger partial charge in [0.15, 0.2) is 5.75 Å². The van der Waals surface area contributed by atoms with Gasteiger partial charge in [-0.25, -0.2) is 4.79 Å². The number of nitrogens with zero attached hydrogens (tertiary/aromatic N) is 1. The van der Waals surface area contributed by atoms with Crippen LogP contribution < -0.4 is 14.4 Å². The number of carbonyl (C=O) groups is 4. The van der Waals surface area contributed by atoms with Crippen LogP contribution in [0.2, 0.25) is 0 Å². The number of esters is 2. The predicted octanol–water partition coefficient (Wildman–Crippen LogP) is 3.42. The summed E-state index contributed by atoms with van der Waals surface area (Å²) < 4.78 is 21.7. The highest BCUT2D eigenvalue weighted by atomic mass is 16.6. The molecule has 34 heavy (non-hydrogen) atoms. The van der Waals surface area contributed by atoms with Crippen molar-refractivity contribution >= 4 is 29.5 Å². The van der Waals surface area contributed by atoms with Crippen LogP contribution >= 0.6 is 0 Å². The fraction of sp³-hybridized carbons (Fsp3) is 0.333. The Morgan fingerprint density at radius 3 is 2.47 bits per heavy atom. The molecule has 2 aromatic rings. The first-order chi connectivity index (χ1) is 16.0. The minimum atomic E-state index is -1.06. The van der Waals surface area contributed by atoms with Crippen molar-refractivity contribution in [2.24, 2.45) is 0 Å². The van der Waals surface area contributed by atoms with Crippen LogP contribution in [0.25, 0.3) is 0 Å². The zero-order valence-corrected chi connectivity index (χ0v) is 19.2. The van der Waals surface area contributed by atoms with Gasteiger partial charge in [-0.3, -0.25) is 19.3 Å². The van der Waals surface area contributed by atoms with E-state index in [-0.39, 0.29) is 47.1 Å². The van der Waals surface area contributed by atoms with Crippen molar-refractivity contribution in [1.82, 2.24) is 0 Å². The molecule has 0 saturated heterocycles. The zero-order chi connectivity index (χ0) is 25.0. The van der Waals surface area contributed by atoms with Crippen LogP contribution in [0.4, 0.5) is 5.69 Å². The Bertz CT molecular complexity index is 1130. The Kier molecular flexibility index (Phi) is 7.09. The molecule has 10 heteroatoms. The zero-order valence-electron chi connectivity index (χ0n) is 19.2. The van der Waals surface area contributed by atoms with Gasteiger partial charge in [0, 0.05) is 0 Å². The molecule has 0 aliphatic carbocycles. The second kappa shape index (κ2) is 9.82. The topological polar surface area (TPSA) is 129 Å². The van der Waals surface area contributed by atoms with Gasteiger partial charge in [-0.15, -0.1) is 0 Å². The number of fused-ring (bicyclic) bond motifs is 2. The minimum absolute atomic E-state index is 0.00673. The van der Waals surface area contributed by atoms with E-state index in [1.165, 1.54) is 31.4 Å². The second-order valence-electron chi connectivity index (χ2n) is 8.38. The number of amides is 1. The number of aliphatic carboxylic acids is 1. The van der Waals surface area contributed by atoms with Gasteiger partial charge in [0.25, 0.3) is 5.91 Å². The summed E-state index contributed by atoms with van der Waals surface area (Å²) in [6, 6.07) is 8.99. The average Bonchev–Trinajstić information content (AvgIpc) is 2.86. The molecule has 0 aromatic heterocycles. The van der Waals surface area contributed by atoms with Gasteiger partial charge in [0.2, 0.25) is 0 Å². The smallest absolute Gasteiger partial charge is 0.337 e. The summed E-state index contributed by atoms with van der Waals surface area (Å²) in [5, 5.41) is 8.90. The van der Waals surface area contributed by atoms with Crippen molar-refractivity contribution in [3.63, 3.8) is 0 Å². The van der Waals surface area contributed by atoms with Crippen LogP contribution in [0.3, 0.4) is 0 Å². The van der Waals surface area contributed by atoms with Crippen molar-refractivity contribution in [1.29, 1.82) is 0 Å². The number of carbonyl (C=O) groups excluding carboxylic acids is 3. The number of anilines is 1. The molecule has 0 radical (unpaired) electrons. The van der Waals surface area contributed by atoms with Crippen LogP contribution in [-0.4, -0.2) is 54.8 Å². The van der Waals surface area contributed by atoms with E-state index in [0.717, 1.165) is 4.90 Å². The minimum Gasteiger partial charge on any atom is -0.492 e. The third-order valence-electron chi connectivity index (χ3n) is 4.62. The summed E-state index contributed by atoms with van der Waals surface area (Å²) in [7, 11) is 1.23. The molecule has 0 fully saturated rings. The number of carboxylic acids is 1. The Morgan fingerprint density at radius 1 is 1.09 bits per heavy atom. The number of hydrogen-bond donors (Lipinski definition) is 1.